The van der Waals surface area contributed by atoms with Crippen molar-refractivity contribution in [2.45, 2.75) is 13.8 Å². The second-order valence-electron chi connectivity index (χ2n) is 3.19. The van der Waals surface area contributed by atoms with E-state index in [9.17, 15) is 8.42 Å². The summed E-state index contributed by atoms with van der Waals surface area (Å²) in [6, 6.07) is 0. The fourth-order valence-corrected chi connectivity index (χ4v) is 2.64. The molecule has 0 amide bonds. The quantitative estimate of drug-likeness (QED) is 0.761. The monoisotopic (exact) mass is 266 g/mol. The average Bonchev–Trinajstić information content (AvgIpc) is 1.97. The van der Waals surface area contributed by atoms with E-state index in [-0.39, 0.29) is 5.92 Å². The van der Waals surface area contributed by atoms with Gasteiger partial charge in [0.05, 0.1) is 10.7 Å². The summed E-state index contributed by atoms with van der Waals surface area (Å²) in [4.78, 5) is 0. The maximum atomic E-state index is 11.3. The predicted octanol–water partition coefficient (Wildman–Crippen LogP) is 1.51. The minimum atomic E-state index is -3.46. The fourth-order valence-electron chi connectivity index (χ4n) is 0.922. The van der Waals surface area contributed by atoms with Crippen LogP contribution in [0.25, 0.3) is 0 Å². The third kappa shape index (κ3) is 2.80. The van der Waals surface area contributed by atoms with Gasteiger partial charge in [0.15, 0.2) is 0 Å². The van der Waals surface area contributed by atoms with Crippen LogP contribution in [-0.2, 0) is 10.2 Å². The Kier molecular flexibility index (Phi) is 3.13. The molecule has 0 N–H and O–H groups in total. The molecule has 0 radical (unpaired) electrons. The van der Waals surface area contributed by atoms with Gasteiger partial charge in [-0.1, -0.05) is 13.8 Å². The van der Waals surface area contributed by atoms with E-state index in [1.54, 1.807) is 0 Å². The van der Waals surface area contributed by atoms with Crippen molar-refractivity contribution in [1.29, 1.82) is 0 Å². The van der Waals surface area contributed by atoms with Crippen LogP contribution in [0.4, 0.5) is 0 Å². The van der Waals surface area contributed by atoms with E-state index in [0.717, 1.165) is 0 Å². The molecule has 1 aliphatic rings. The van der Waals surface area contributed by atoms with E-state index in [1.807, 2.05) is 13.8 Å². The number of nitrogens with zero attached hydrogens (tertiary/aromatic N) is 2. The van der Waals surface area contributed by atoms with Crippen LogP contribution in [0, 0.1) is 5.92 Å². The number of hydrogen-bond donors (Lipinski definition) is 0. The van der Waals surface area contributed by atoms with Crippen molar-refractivity contribution in [1.82, 2.24) is 4.31 Å². The van der Waals surface area contributed by atoms with E-state index in [4.69, 9.17) is 0 Å². The summed E-state index contributed by atoms with van der Waals surface area (Å²) in [5.41, 5.74) is 0. The molecule has 1 rings (SSSR count). The molecule has 1 aliphatic heterocycles. The molecule has 13 heavy (non-hydrogen) atoms. The summed E-state index contributed by atoms with van der Waals surface area (Å²) >= 11 is 3.18. The summed E-state index contributed by atoms with van der Waals surface area (Å²) in [5.74, 6) is 0.277. The van der Waals surface area contributed by atoms with E-state index >= 15 is 0 Å². The molecular weight excluding hydrogens is 256 g/mol. The third-order valence-electron chi connectivity index (χ3n) is 1.42. The first-order valence-corrected chi connectivity index (χ1v) is 6.05. The first kappa shape index (κ1) is 10.7. The van der Waals surface area contributed by atoms with Gasteiger partial charge in [-0.05, 0) is 21.8 Å². The maximum absolute atomic E-state index is 11.3. The van der Waals surface area contributed by atoms with Crippen LogP contribution in [0.15, 0.2) is 15.1 Å². The fraction of sp³-hybridized carbons (Fsp3) is 0.571. The Morgan fingerprint density at radius 3 is 2.77 bits per heavy atom. The van der Waals surface area contributed by atoms with Crippen molar-refractivity contribution in [3.8, 4) is 0 Å². The number of rotatable bonds is 2. The Bertz CT molecular complexity index is 346. The molecular formula is C7H11BrN2O2S. The van der Waals surface area contributed by atoms with Gasteiger partial charge in [0.2, 0.25) is 0 Å². The van der Waals surface area contributed by atoms with Gasteiger partial charge in [-0.15, -0.1) is 0 Å². The highest BCUT2D eigenvalue weighted by Gasteiger charge is 2.21. The Morgan fingerprint density at radius 1 is 1.62 bits per heavy atom. The lowest BCUT2D eigenvalue weighted by molar-refractivity contribution is 0.444. The van der Waals surface area contributed by atoms with Crippen molar-refractivity contribution in [3.63, 3.8) is 0 Å². The minimum Gasteiger partial charge on any atom is -0.257 e. The van der Waals surface area contributed by atoms with Crippen LogP contribution in [-0.4, -0.2) is 25.5 Å². The summed E-state index contributed by atoms with van der Waals surface area (Å²) in [6.07, 6.45) is 2.81. The molecule has 74 valence electrons. The lowest BCUT2D eigenvalue weighted by Crippen LogP contribution is -2.30. The maximum Gasteiger partial charge on any atom is 0.344 e. The second kappa shape index (κ2) is 3.79. The van der Waals surface area contributed by atoms with Gasteiger partial charge in [-0.25, -0.2) is 0 Å². The van der Waals surface area contributed by atoms with Crippen molar-refractivity contribution in [2.75, 3.05) is 6.54 Å². The highest BCUT2D eigenvalue weighted by molar-refractivity contribution is 9.12. The standard InChI is InChI=1S/C7H11BrN2O2S/c1-6(2)4-10-5-7(8)3-9-13(10,11)12/h3,5-6H,4H2,1-2H3. The molecule has 0 aromatic carbocycles. The van der Waals surface area contributed by atoms with Crippen molar-refractivity contribution in [2.24, 2.45) is 10.3 Å². The Hall–Kier alpha value is -0.360. The summed E-state index contributed by atoms with van der Waals surface area (Å²) < 4.78 is 28.0. The summed E-state index contributed by atoms with van der Waals surface area (Å²) in [7, 11) is -3.46. The number of allylic oxidation sites excluding steroid dienone is 1. The minimum absolute atomic E-state index is 0.277. The highest BCUT2D eigenvalue weighted by Crippen LogP contribution is 2.17. The van der Waals surface area contributed by atoms with E-state index in [1.165, 1.54) is 16.7 Å². The summed E-state index contributed by atoms with van der Waals surface area (Å²) in [5, 5.41) is 0. The van der Waals surface area contributed by atoms with Crippen LogP contribution in [0.2, 0.25) is 0 Å². The normalized spacial score (nSPS) is 20.6. The predicted molar refractivity (Wildman–Crippen MR) is 56.0 cm³/mol. The Morgan fingerprint density at radius 2 is 2.23 bits per heavy atom. The number of halogens is 1. The van der Waals surface area contributed by atoms with E-state index < -0.39 is 10.2 Å². The molecule has 0 spiro atoms. The first-order chi connectivity index (χ1) is 5.92. The van der Waals surface area contributed by atoms with Gasteiger partial charge in [-0.3, -0.25) is 4.31 Å². The van der Waals surface area contributed by atoms with Crippen LogP contribution in [0.3, 0.4) is 0 Å². The first-order valence-electron chi connectivity index (χ1n) is 3.86. The van der Waals surface area contributed by atoms with Crippen LogP contribution in [0.1, 0.15) is 13.8 Å². The van der Waals surface area contributed by atoms with Crippen LogP contribution < -0.4 is 0 Å². The van der Waals surface area contributed by atoms with Crippen LogP contribution in [0.5, 0.6) is 0 Å². The van der Waals surface area contributed by atoms with Crippen molar-refractivity contribution < 1.29 is 8.42 Å². The summed E-state index contributed by atoms with van der Waals surface area (Å²) in [6.45, 7) is 4.36. The zero-order valence-electron chi connectivity index (χ0n) is 7.44. The molecule has 0 aliphatic carbocycles. The smallest absolute Gasteiger partial charge is 0.257 e. The molecule has 0 atom stereocenters. The molecule has 0 fully saturated rings. The van der Waals surface area contributed by atoms with Gasteiger partial charge in [-0.2, -0.15) is 12.8 Å². The number of hydrogen-bond acceptors (Lipinski definition) is 2. The molecule has 0 aromatic rings. The van der Waals surface area contributed by atoms with Crippen LogP contribution >= 0.6 is 15.9 Å². The Balaban J connectivity index is 2.89. The zero-order chi connectivity index (χ0) is 10.1. The zero-order valence-corrected chi connectivity index (χ0v) is 9.84. The molecule has 0 unspecified atom stereocenters. The van der Waals surface area contributed by atoms with E-state index in [0.29, 0.717) is 11.0 Å². The third-order valence-corrected chi connectivity index (χ3v) is 3.05. The lowest BCUT2D eigenvalue weighted by atomic mass is 10.2. The molecule has 0 saturated carbocycles. The van der Waals surface area contributed by atoms with Gasteiger partial charge >= 0.3 is 10.2 Å². The van der Waals surface area contributed by atoms with Crippen molar-refractivity contribution in [3.05, 3.63) is 10.7 Å². The van der Waals surface area contributed by atoms with Gasteiger partial charge in [0.25, 0.3) is 0 Å². The topological polar surface area (TPSA) is 49.7 Å². The molecule has 0 saturated heterocycles. The van der Waals surface area contributed by atoms with E-state index in [2.05, 4.69) is 20.3 Å². The Labute approximate surface area is 86.7 Å². The molecule has 4 nitrogen and oxygen atoms in total. The van der Waals surface area contributed by atoms with Gasteiger partial charge in [0, 0.05) is 12.7 Å². The second-order valence-corrected chi connectivity index (χ2v) is 5.68. The molecule has 0 bridgehead atoms. The van der Waals surface area contributed by atoms with Gasteiger partial charge < -0.3 is 0 Å². The highest BCUT2D eigenvalue weighted by atomic mass is 79.9. The lowest BCUT2D eigenvalue weighted by Gasteiger charge is -2.21. The molecule has 6 heteroatoms. The molecule has 0 aromatic heterocycles. The SMILES string of the molecule is CC(C)CN1C=C(Br)C=NS1(=O)=O. The molecule has 1 heterocycles. The largest absolute Gasteiger partial charge is 0.344 e. The van der Waals surface area contributed by atoms with Crippen molar-refractivity contribution >= 4 is 32.4 Å². The average molecular weight is 267 g/mol. The van der Waals surface area contributed by atoms with Gasteiger partial charge in [0.1, 0.15) is 0 Å².